The molecular weight excluding hydrogens is 410 g/mol. The standard InChI is InChI=1S/C24H29N3O3S/c1-14(2)19-8-7-9-20(12-19)27-16(4)11-22(18(27)6)24(28)26-23-13-21(31(25,29)30)10-15(3)17(23)5/h7-14H,1-6H3,(H,26,28)(H2,25,29,30). The first-order chi connectivity index (χ1) is 14.4. The van der Waals surface area contributed by atoms with Crippen molar-refractivity contribution in [1.82, 2.24) is 4.57 Å². The molecular formula is C24H29N3O3S. The summed E-state index contributed by atoms with van der Waals surface area (Å²) in [4.78, 5) is 13.1. The Labute approximate surface area is 184 Å². The third-order valence-electron chi connectivity index (χ3n) is 5.69. The van der Waals surface area contributed by atoms with E-state index in [9.17, 15) is 13.2 Å². The molecule has 0 aliphatic rings. The van der Waals surface area contributed by atoms with Crippen molar-refractivity contribution in [3.63, 3.8) is 0 Å². The van der Waals surface area contributed by atoms with Crippen LogP contribution in [0.2, 0.25) is 0 Å². The molecule has 0 saturated heterocycles. The van der Waals surface area contributed by atoms with Crippen LogP contribution in [0.4, 0.5) is 5.69 Å². The number of nitrogens with zero attached hydrogens (tertiary/aromatic N) is 1. The van der Waals surface area contributed by atoms with Gasteiger partial charge < -0.3 is 9.88 Å². The molecule has 7 heteroatoms. The first-order valence-corrected chi connectivity index (χ1v) is 11.7. The summed E-state index contributed by atoms with van der Waals surface area (Å²) in [7, 11) is -3.88. The van der Waals surface area contributed by atoms with E-state index >= 15 is 0 Å². The molecule has 0 atom stereocenters. The Morgan fingerprint density at radius 2 is 1.71 bits per heavy atom. The molecule has 0 fully saturated rings. The van der Waals surface area contributed by atoms with Gasteiger partial charge in [0.15, 0.2) is 0 Å². The highest BCUT2D eigenvalue weighted by molar-refractivity contribution is 7.89. The molecule has 1 aromatic heterocycles. The van der Waals surface area contributed by atoms with E-state index in [1.54, 1.807) is 6.92 Å². The van der Waals surface area contributed by atoms with Gasteiger partial charge in [0.2, 0.25) is 10.0 Å². The number of carbonyl (C=O) groups excluding carboxylic acids is 1. The summed E-state index contributed by atoms with van der Waals surface area (Å²) < 4.78 is 25.7. The first kappa shape index (κ1) is 22.8. The van der Waals surface area contributed by atoms with Crippen LogP contribution in [-0.4, -0.2) is 18.9 Å². The fourth-order valence-electron chi connectivity index (χ4n) is 3.72. The number of carbonyl (C=O) groups is 1. The van der Waals surface area contributed by atoms with E-state index in [1.165, 1.54) is 17.7 Å². The molecule has 3 N–H and O–H groups in total. The molecule has 3 rings (SSSR count). The van der Waals surface area contributed by atoms with Gasteiger partial charge in [0.05, 0.1) is 10.5 Å². The van der Waals surface area contributed by atoms with E-state index in [4.69, 9.17) is 5.14 Å². The maximum atomic E-state index is 13.1. The van der Waals surface area contributed by atoms with Gasteiger partial charge in [-0.15, -0.1) is 0 Å². The maximum Gasteiger partial charge on any atom is 0.257 e. The molecule has 31 heavy (non-hydrogen) atoms. The predicted octanol–water partition coefficient (Wildman–Crippen LogP) is 4.73. The van der Waals surface area contributed by atoms with Gasteiger partial charge in [0, 0.05) is 22.8 Å². The van der Waals surface area contributed by atoms with Gasteiger partial charge in [0.25, 0.3) is 5.91 Å². The largest absolute Gasteiger partial charge is 0.322 e. The Morgan fingerprint density at radius 3 is 2.32 bits per heavy atom. The highest BCUT2D eigenvalue weighted by Crippen LogP contribution is 2.27. The van der Waals surface area contributed by atoms with Crippen LogP contribution in [0.25, 0.3) is 5.69 Å². The second kappa shape index (κ2) is 8.32. The monoisotopic (exact) mass is 439 g/mol. The molecule has 0 bridgehead atoms. The number of hydrogen-bond donors (Lipinski definition) is 2. The molecule has 1 heterocycles. The molecule has 0 spiro atoms. The topological polar surface area (TPSA) is 94.2 Å². The number of nitrogens with one attached hydrogen (secondary N) is 1. The number of aryl methyl sites for hydroxylation is 2. The summed E-state index contributed by atoms with van der Waals surface area (Å²) >= 11 is 0. The molecule has 6 nitrogen and oxygen atoms in total. The van der Waals surface area contributed by atoms with Crippen molar-refractivity contribution in [2.24, 2.45) is 5.14 Å². The summed E-state index contributed by atoms with van der Waals surface area (Å²) in [6.45, 7) is 11.8. The number of sulfonamides is 1. The lowest BCUT2D eigenvalue weighted by molar-refractivity contribution is 0.102. The number of aromatic nitrogens is 1. The van der Waals surface area contributed by atoms with Crippen LogP contribution in [0.3, 0.4) is 0 Å². The minimum absolute atomic E-state index is 0.0260. The summed E-state index contributed by atoms with van der Waals surface area (Å²) in [6.07, 6.45) is 0. The highest BCUT2D eigenvalue weighted by atomic mass is 32.2. The van der Waals surface area contributed by atoms with E-state index < -0.39 is 10.0 Å². The number of anilines is 1. The molecule has 3 aromatic rings. The number of amides is 1. The van der Waals surface area contributed by atoms with Gasteiger partial charge in [-0.05, 0) is 80.6 Å². The van der Waals surface area contributed by atoms with Crippen LogP contribution in [0.15, 0.2) is 47.4 Å². The zero-order valence-electron chi connectivity index (χ0n) is 18.8. The summed E-state index contributed by atoms with van der Waals surface area (Å²) in [5.41, 5.74) is 6.47. The first-order valence-electron chi connectivity index (χ1n) is 10.1. The lowest BCUT2D eigenvalue weighted by atomic mass is 10.0. The molecule has 2 aromatic carbocycles. The molecule has 0 radical (unpaired) electrons. The fraction of sp³-hybridized carbons (Fsp3) is 0.292. The van der Waals surface area contributed by atoms with Crippen LogP contribution >= 0.6 is 0 Å². The van der Waals surface area contributed by atoms with Crippen molar-refractivity contribution < 1.29 is 13.2 Å². The molecule has 0 aliphatic carbocycles. The van der Waals surface area contributed by atoms with Gasteiger partial charge in [-0.1, -0.05) is 26.0 Å². The number of benzene rings is 2. The molecule has 0 saturated carbocycles. The third kappa shape index (κ3) is 4.57. The van der Waals surface area contributed by atoms with Crippen molar-refractivity contribution in [3.8, 4) is 5.69 Å². The maximum absolute atomic E-state index is 13.1. The van der Waals surface area contributed by atoms with Gasteiger partial charge in [-0.25, -0.2) is 13.6 Å². The van der Waals surface area contributed by atoms with Gasteiger partial charge >= 0.3 is 0 Å². The van der Waals surface area contributed by atoms with Gasteiger partial charge in [-0.3, -0.25) is 4.79 Å². The van der Waals surface area contributed by atoms with Crippen molar-refractivity contribution in [3.05, 3.63) is 76.1 Å². The molecule has 164 valence electrons. The Bertz CT molecular complexity index is 1270. The van der Waals surface area contributed by atoms with E-state index in [1.807, 2.05) is 39.0 Å². The predicted molar refractivity (Wildman–Crippen MR) is 125 cm³/mol. The Morgan fingerprint density at radius 1 is 1.03 bits per heavy atom. The van der Waals surface area contributed by atoms with Crippen molar-refractivity contribution in [2.45, 2.75) is 52.4 Å². The Balaban J connectivity index is 2.01. The average Bonchev–Trinajstić information content (AvgIpc) is 2.98. The zero-order valence-corrected chi connectivity index (χ0v) is 19.6. The van der Waals surface area contributed by atoms with Gasteiger partial charge in [-0.2, -0.15) is 0 Å². The van der Waals surface area contributed by atoms with Crippen LogP contribution in [0.5, 0.6) is 0 Å². The van der Waals surface area contributed by atoms with E-state index in [0.717, 1.165) is 28.2 Å². The second-order valence-corrected chi connectivity index (χ2v) is 9.84. The van der Waals surface area contributed by atoms with Crippen LogP contribution in [0, 0.1) is 27.7 Å². The SMILES string of the molecule is Cc1cc(S(N)(=O)=O)cc(NC(=O)c2cc(C)n(-c3cccc(C(C)C)c3)c2C)c1C. The number of hydrogen-bond acceptors (Lipinski definition) is 3. The Kier molecular flexibility index (Phi) is 6.11. The molecule has 0 unspecified atom stereocenters. The number of nitrogens with two attached hydrogens (primary N) is 1. The highest BCUT2D eigenvalue weighted by Gasteiger charge is 2.19. The lowest BCUT2D eigenvalue weighted by Crippen LogP contribution is -2.17. The molecule has 0 aliphatic heterocycles. The minimum Gasteiger partial charge on any atom is -0.322 e. The van der Waals surface area contributed by atoms with Crippen molar-refractivity contribution >= 4 is 21.6 Å². The van der Waals surface area contributed by atoms with E-state index in [0.29, 0.717) is 17.2 Å². The average molecular weight is 440 g/mol. The molecule has 1 amide bonds. The van der Waals surface area contributed by atoms with Gasteiger partial charge in [0.1, 0.15) is 0 Å². The number of primary sulfonamides is 1. The number of rotatable bonds is 5. The summed E-state index contributed by atoms with van der Waals surface area (Å²) in [5, 5.41) is 8.16. The second-order valence-electron chi connectivity index (χ2n) is 8.28. The van der Waals surface area contributed by atoms with Crippen molar-refractivity contribution in [2.75, 3.05) is 5.32 Å². The summed E-state index contributed by atoms with van der Waals surface area (Å²) in [5.74, 6) is 0.102. The van der Waals surface area contributed by atoms with Crippen LogP contribution < -0.4 is 10.5 Å². The van der Waals surface area contributed by atoms with E-state index in [-0.39, 0.29) is 10.8 Å². The third-order valence-corrected chi connectivity index (χ3v) is 6.58. The minimum atomic E-state index is -3.88. The lowest BCUT2D eigenvalue weighted by Gasteiger charge is -2.14. The van der Waals surface area contributed by atoms with Crippen LogP contribution in [0.1, 0.15) is 58.2 Å². The Hall–Kier alpha value is -2.90. The summed E-state index contributed by atoms with van der Waals surface area (Å²) in [6, 6.07) is 13.0. The quantitative estimate of drug-likeness (QED) is 0.601. The van der Waals surface area contributed by atoms with Crippen LogP contribution in [-0.2, 0) is 10.0 Å². The zero-order chi connectivity index (χ0) is 23.1. The van der Waals surface area contributed by atoms with E-state index in [2.05, 4.69) is 35.9 Å². The smallest absolute Gasteiger partial charge is 0.257 e. The normalized spacial score (nSPS) is 11.7. The fourth-order valence-corrected chi connectivity index (χ4v) is 4.35. The van der Waals surface area contributed by atoms with Crippen molar-refractivity contribution in [1.29, 1.82) is 0 Å².